The van der Waals surface area contributed by atoms with Gasteiger partial charge in [0.15, 0.2) is 5.41 Å². The minimum atomic E-state index is -2.12. The van der Waals surface area contributed by atoms with Gasteiger partial charge in [-0.05, 0) is 42.5 Å². The van der Waals surface area contributed by atoms with Crippen LogP contribution in [0.5, 0.6) is 17.2 Å². The van der Waals surface area contributed by atoms with Gasteiger partial charge >= 0.3 is 0 Å². The molecule has 2 fully saturated rings. The van der Waals surface area contributed by atoms with Crippen molar-refractivity contribution < 1.29 is 23.7 Å². The van der Waals surface area contributed by atoms with E-state index >= 15 is 0 Å². The minimum absolute atomic E-state index is 0.327. The van der Waals surface area contributed by atoms with Crippen LogP contribution in [0.15, 0.2) is 42.5 Å². The van der Waals surface area contributed by atoms with Crippen LogP contribution in [0.4, 0.5) is 0 Å². The maximum absolute atomic E-state index is 10.4. The van der Waals surface area contributed by atoms with Crippen molar-refractivity contribution in [3.05, 3.63) is 53.6 Å². The first-order chi connectivity index (χ1) is 16.3. The van der Waals surface area contributed by atoms with Crippen molar-refractivity contribution in [3.8, 4) is 35.5 Å². The van der Waals surface area contributed by atoms with Crippen molar-refractivity contribution in [2.45, 2.75) is 18.8 Å². The summed E-state index contributed by atoms with van der Waals surface area (Å²) in [6.07, 6.45) is -1.31. The fourth-order valence-corrected chi connectivity index (χ4v) is 5.01. The highest BCUT2D eigenvalue weighted by Crippen LogP contribution is 2.69. The Morgan fingerprint density at radius 2 is 1.50 bits per heavy atom. The molecular weight excluding hydrogens is 436 g/mol. The van der Waals surface area contributed by atoms with E-state index in [0.29, 0.717) is 28.4 Å². The van der Waals surface area contributed by atoms with E-state index in [1.165, 1.54) is 21.3 Å². The standard InChI is InChI=1S/C25H22N4O5/c1-15-24(14-28)22(29)34-25(15,16-5-7-17(30-2)8-6-16)33-21(23(24,12-26)13-27)19-11-18(31-3)9-10-20(19)32-4/h5-11,15,21,29H,1-4H3. The van der Waals surface area contributed by atoms with Gasteiger partial charge in [-0.1, -0.05) is 6.92 Å². The van der Waals surface area contributed by atoms with Gasteiger partial charge in [-0.15, -0.1) is 0 Å². The van der Waals surface area contributed by atoms with Crippen molar-refractivity contribution in [2.75, 3.05) is 21.3 Å². The molecule has 4 rings (SSSR count). The van der Waals surface area contributed by atoms with Crippen molar-refractivity contribution >= 4 is 5.90 Å². The highest BCUT2D eigenvalue weighted by atomic mass is 16.7. The Hall–Kier alpha value is -4.26. The Kier molecular flexibility index (Phi) is 5.36. The van der Waals surface area contributed by atoms with Gasteiger partial charge in [0.25, 0.3) is 0 Å². The largest absolute Gasteiger partial charge is 0.497 e. The van der Waals surface area contributed by atoms with Gasteiger partial charge in [-0.3, -0.25) is 5.41 Å². The van der Waals surface area contributed by atoms with E-state index in [1.54, 1.807) is 49.4 Å². The van der Waals surface area contributed by atoms with Gasteiger partial charge < -0.3 is 23.7 Å². The van der Waals surface area contributed by atoms with E-state index in [-0.39, 0.29) is 0 Å². The summed E-state index contributed by atoms with van der Waals surface area (Å²) in [5.41, 5.74) is -3.20. The highest BCUT2D eigenvalue weighted by molar-refractivity contribution is 5.89. The molecule has 34 heavy (non-hydrogen) atoms. The normalized spacial score (nSPS) is 28.6. The van der Waals surface area contributed by atoms with Crippen molar-refractivity contribution in [3.63, 3.8) is 0 Å². The number of benzene rings is 2. The highest BCUT2D eigenvalue weighted by Gasteiger charge is 2.80. The number of fused-ring (bicyclic) bond motifs is 2. The minimum Gasteiger partial charge on any atom is -0.497 e. The van der Waals surface area contributed by atoms with Crippen LogP contribution >= 0.6 is 0 Å². The molecule has 0 aromatic heterocycles. The lowest BCUT2D eigenvalue weighted by Gasteiger charge is -2.49. The van der Waals surface area contributed by atoms with Crippen LogP contribution in [-0.2, 0) is 15.3 Å². The molecule has 0 spiro atoms. The molecule has 2 heterocycles. The molecule has 2 saturated heterocycles. The van der Waals surface area contributed by atoms with Crippen LogP contribution in [0.2, 0.25) is 0 Å². The zero-order valence-corrected chi connectivity index (χ0v) is 19.1. The van der Waals surface area contributed by atoms with Crippen molar-refractivity contribution in [1.29, 1.82) is 21.2 Å². The molecule has 0 aliphatic carbocycles. The molecule has 2 aromatic rings. The molecule has 9 nitrogen and oxygen atoms in total. The third-order valence-electron chi connectivity index (χ3n) is 6.88. The van der Waals surface area contributed by atoms with Gasteiger partial charge in [0, 0.05) is 11.1 Å². The number of nitrogens with one attached hydrogen (secondary N) is 1. The molecule has 1 N–H and O–H groups in total. The maximum atomic E-state index is 10.4. The van der Waals surface area contributed by atoms with Gasteiger partial charge in [0.2, 0.25) is 17.1 Å². The molecule has 0 amide bonds. The van der Waals surface area contributed by atoms with E-state index < -0.39 is 34.5 Å². The summed E-state index contributed by atoms with van der Waals surface area (Å²) in [6, 6.07) is 17.9. The average Bonchev–Trinajstić information content (AvgIpc) is 3.04. The Morgan fingerprint density at radius 1 is 0.882 bits per heavy atom. The second-order valence-corrected chi connectivity index (χ2v) is 8.11. The second kappa shape index (κ2) is 7.95. The number of nitrogens with zero attached hydrogens (tertiary/aromatic N) is 3. The van der Waals surface area contributed by atoms with Gasteiger partial charge in [-0.25, -0.2) is 0 Å². The first-order valence-corrected chi connectivity index (χ1v) is 10.4. The summed E-state index contributed by atoms with van der Waals surface area (Å²) in [5.74, 6) is -1.62. The van der Waals surface area contributed by atoms with Gasteiger partial charge in [-0.2, -0.15) is 15.8 Å². The molecule has 4 unspecified atom stereocenters. The molecule has 2 aromatic carbocycles. The quantitative estimate of drug-likeness (QED) is 0.713. The third kappa shape index (κ3) is 2.64. The van der Waals surface area contributed by atoms with Crippen LogP contribution in [0.25, 0.3) is 0 Å². The third-order valence-corrected chi connectivity index (χ3v) is 6.88. The van der Waals surface area contributed by atoms with Gasteiger partial charge in [0.1, 0.15) is 23.4 Å². The zero-order chi connectivity index (χ0) is 24.7. The molecule has 9 heteroatoms. The van der Waals surface area contributed by atoms with Crippen LogP contribution in [0.1, 0.15) is 24.2 Å². The number of methoxy groups -OCH3 is 3. The summed E-state index contributed by atoms with van der Waals surface area (Å²) in [5, 5.41) is 39.9. The van der Waals surface area contributed by atoms with E-state index in [9.17, 15) is 15.8 Å². The molecule has 2 bridgehead atoms. The summed E-state index contributed by atoms with van der Waals surface area (Å²) in [6.45, 7) is 1.65. The SMILES string of the molecule is COc1ccc(C23OC(=N)C(C#N)(C2C)C(C#N)(C#N)C(c2cc(OC)ccc2OC)O3)cc1. The lowest BCUT2D eigenvalue weighted by molar-refractivity contribution is -0.288. The summed E-state index contributed by atoms with van der Waals surface area (Å²) < 4.78 is 28.6. The topological polar surface area (TPSA) is 141 Å². The predicted octanol–water partition coefficient (Wildman–Crippen LogP) is 3.82. The van der Waals surface area contributed by atoms with E-state index in [2.05, 4.69) is 6.07 Å². The maximum Gasteiger partial charge on any atom is 0.244 e. The summed E-state index contributed by atoms with van der Waals surface area (Å²) in [7, 11) is 4.47. The Bertz CT molecular complexity index is 1260. The molecule has 172 valence electrons. The molecule has 4 atom stereocenters. The molecule has 0 saturated carbocycles. The molecular formula is C25H22N4O5. The smallest absolute Gasteiger partial charge is 0.244 e. The Balaban J connectivity index is 2.05. The lowest BCUT2D eigenvalue weighted by atomic mass is 9.53. The monoisotopic (exact) mass is 458 g/mol. The van der Waals surface area contributed by atoms with Gasteiger partial charge in [0.05, 0.1) is 45.5 Å². The van der Waals surface area contributed by atoms with Crippen molar-refractivity contribution in [1.82, 2.24) is 0 Å². The Labute approximate surface area is 197 Å². The number of ether oxygens (including phenoxy) is 5. The van der Waals surface area contributed by atoms with Crippen LogP contribution in [-0.4, -0.2) is 27.2 Å². The first kappa shape index (κ1) is 22.9. The summed E-state index contributed by atoms with van der Waals surface area (Å²) >= 11 is 0. The lowest BCUT2D eigenvalue weighted by Crippen LogP contribution is -2.57. The van der Waals surface area contributed by atoms with Crippen LogP contribution < -0.4 is 14.2 Å². The molecule has 2 aliphatic rings. The second-order valence-electron chi connectivity index (χ2n) is 8.11. The zero-order valence-electron chi connectivity index (χ0n) is 19.1. The number of hydrogen-bond donors (Lipinski definition) is 1. The number of hydrogen-bond acceptors (Lipinski definition) is 9. The summed E-state index contributed by atoms with van der Waals surface area (Å²) in [4.78, 5) is 0. The average molecular weight is 458 g/mol. The molecule has 0 radical (unpaired) electrons. The number of nitriles is 3. The van der Waals surface area contributed by atoms with Crippen molar-refractivity contribution in [2.24, 2.45) is 16.7 Å². The fourth-order valence-electron chi connectivity index (χ4n) is 5.01. The van der Waals surface area contributed by atoms with Crippen LogP contribution in [0, 0.1) is 56.2 Å². The van der Waals surface area contributed by atoms with E-state index in [0.717, 1.165) is 0 Å². The molecule has 2 aliphatic heterocycles. The Morgan fingerprint density at radius 3 is 2.03 bits per heavy atom. The van der Waals surface area contributed by atoms with E-state index in [1.807, 2.05) is 12.1 Å². The van der Waals surface area contributed by atoms with E-state index in [4.69, 9.17) is 29.1 Å². The number of rotatable bonds is 5. The van der Waals surface area contributed by atoms with Crippen LogP contribution in [0.3, 0.4) is 0 Å². The fraction of sp³-hybridized carbons (Fsp3) is 0.360. The first-order valence-electron chi connectivity index (χ1n) is 10.4. The predicted molar refractivity (Wildman–Crippen MR) is 118 cm³/mol.